The van der Waals surface area contributed by atoms with Gasteiger partial charge in [-0.1, -0.05) is 17.7 Å². The van der Waals surface area contributed by atoms with Crippen LogP contribution in [0, 0.1) is 0 Å². The van der Waals surface area contributed by atoms with Gasteiger partial charge < -0.3 is 15.0 Å². The van der Waals surface area contributed by atoms with Gasteiger partial charge in [-0.05, 0) is 39.3 Å². The molecule has 0 aliphatic heterocycles. The highest BCUT2D eigenvalue weighted by Crippen LogP contribution is 2.09. The standard InChI is InChI=1S/C15H22ClN3O3/c1-10(18-14(21)22-15(2,3)4)13(20)19(5)9-11-6-7-12(16)17-8-11/h6-8,10H,9H2,1-5H3,(H,18,21)/t10-/m0/s1. The highest BCUT2D eigenvalue weighted by molar-refractivity contribution is 6.29. The first-order valence-electron chi connectivity index (χ1n) is 6.93. The summed E-state index contributed by atoms with van der Waals surface area (Å²) in [6, 6.07) is 2.78. The summed E-state index contributed by atoms with van der Waals surface area (Å²) in [6.45, 7) is 7.28. The predicted octanol–water partition coefficient (Wildman–Crippen LogP) is 2.61. The molecule has 1 aromatic rings. The van der Waals surface area contributed by atoms with Crippen LogP contribution in [0.4, 0.5) is 4.79 Å². The highest BCUT2D eigenvalue weighted by atomic mass is 35.5. The maximum absolute atomic E-state index is 12.2. The predicted molar refractivity (Wildman–Crippen MR) is 84.6 cm³/mol. The summed E-state index contributed by atoms with van der Waals surface area (Å²) in [6.07, 6.45) is 0.993. The number of ether oxygens (including phenoxy) is 1. The fourth-order valence-electron chi connectivity index (χ4n) is 1.73. The van der Waals surface area contributed by atoms with Crippen molar-refractivity contribution in [1.29, 1.82) is 0 Å². The minimum absolute atomic E-state index is 0.221. The smallest absolute Gasteiger partial charge is 0.408 e. The van der Waals surface area contributed by atoms with Gasteiger partial charge in [-0.25, -0.2) is 9.78 Å². The van der Waals surface area contributed by atoms with Crippen LogP contribution in [0.3, 0.4) is 0 Å². The van der Waals surface area contributed by atoms with Gasteiger partial charge in [-0.15, -0.1) is 0 Å². The first kappa shape index (κ1) is 18.2. The maximum Gasteiger partial charge on any atom is 0.408 e. The Bertz CT molecular complexity index is 526. The largest absolute Gasteiger partial charge is 0.444 e. The van der Waals surface area contributed by atoms with E-state index in [2.05, 4.69) is 10.3 Å². The van der Waals surface area contributed by atoms with Crippen molar-refractivity contribution in [2.24, 2.45) is 0 Å². The molecular weight excluding hydrogens is 306 g/mol. The van der Waals surface area contributed by atoms with Crippen molar-refractivity contribution in [2.75, 3.05) is 7.05 Å². The number of nitrogens with zero attached hydrogens (tertiary/aromatic N) is 2. The minimum Gasteiger partial charge on any atom is -0.444 e. The monoisotopic (exact) mass is 327 g/mol. The van der Waals surface area contributed by atoms with Gasteiger partial charge in [-0.3, -0.25) is 4.79 Å². The molecule has 1 heterocycles. The van der Waals surface area contributed by atoms with E-state index in [1.807, 2.05) is 0 Å². The van der Waals surface area contributed by atoms with E-state index in [0.29, 0.717) is 11.7 Å². The van der Waals surface area contributed by atoms with Crippen LogP contribution in [0.5, 0.6) is 0 Å². The average Bonchev–Trinajstić information content (AvgIpc) is 2.38. The summed E-state index contributed by atoms with van der Waals surface area (Å²) >= 11 is 5.72. The maximum atomic E-state index is 12.2. The number of hydrogen-bond acceptors (Lipinski definition) is 4. The summed E-state index contributed by atoms with van der Waals surface area (Å²) in [7, 11) is 1.66. The molecule has 1 N–H and O–H groups in total. The number of nitrogens with one attached hydrogen (secondary N) is 1. The Labute approximate surface area is 135 Å². The Balaban J connectivity index is 2.54. The van der Waals surface area contributed by atoms with Gasteiger partial charge >= 0.3 is 6.09 Å². The van der Waals surface area contributed by atoms with Gasteiger partial charge in [-0.2, -0.15) is 0 Å². The number of rotatable bonds is 4. The van der Waals surface area contributed by atoms with Crippen molar-refractivity contribution in [3.63, 3.8) is 0 Å². The highest BCUT2D eigenvalue weighted by Gasteiger charge is 2.23. The lowest BCUT2D eigenvalue weighted by Crippen LogP contribution is -2.46. The van der Waals surface area contributed by atoms with E-state index in [4.69, 9.17) is 16.3 Å². The molecule has 0 aliphatic rings. The third kappa shape index (κ3) is 6.30. The van der Waals surface area contributed by atoms with Crippen molar-refractivity contribution >= 4 is 23.6 Å². The van der Waals surface area contributed by atoms with Crippen molar-refractivity contribution < 1.29 is 14.3 Å². The number of halogens is 1. The van der Waals surface area contributed by atoms with E-state index in [0.717, 1.165) is 5.56 Å². The number of pyridine rings is 1. The normalized spacial score (nSPS) is 12.5. The van der Waals surface area contributed by atoms with E-state index >= 15 is 0 Å². The minimum atomic E-state index is -0.680. The van der Waals surface area contributed by atoms with Crippen molar-refractivity contribution in [2.45, 2.75) is 45.9 Å². The van der Waals surface area contributed by atoms with Crippen LogP contribution in [-0.2, 0) is 16.1 Å². The molecule has 0 spiro atoms. The molecule has 1 rings (SSSR count). The summed E-state index contributed by atoms with van der Waals surface area (Å²) in [4.78, 5) is 29.4. The number of aromatic nitrogens is 1. The van der Waals surface area contributed by atoms with Crippen LogP contribution >= 0.6 is 11.6 Å². The van der Waals surface area contributed by atoms with E-state index < -0.39 is 17.7 Å². The van der Waals surface area contributed by atoms with Crippen molar-refractivity contribution in [1.82, 2.24) is 15.2 Å². The molecule has 122 valence electrons. The Morgan fingerprint density at radius 2 is 2.05 bits per heavy atom. The number of alkyl carbamates (subject to hydrolysis) is 1. The van der Waals surface area contributed by atoms with Crippen molar-refractivity contribution in [3.8, 4) is 0 Å². The van der Waals surface area contributed by atoms with Gasteiger partial charge in [0.1, 0.15) is 16.8 Å². The average molecular weight is 328 g/mol. The Morgan fingerprint density at radius 3 is 2.55 bits per heavy atom. The molecule has 0 saturated carbocycles. The molecule has 0 aromatic carbocycles. The number of hydrogen-bond donors (Lipinski definition) is 1. The SMILES string of the molecule is C[C@H](NC(=O)OC(C)(C)C)C(=O)N(C)Cc1ccc(Cl)nc1. The zero-order chi connectivity index (χ0) is 16.9. The Hall–Kier alpha value is -1.82. The van der Waals surface area contributed by atoms with Crippen LogP contribution in [0.25, 0.3) is 0 Å². The number of carbonyl (C=O) groups excluding carboxylic acids is 2. The third-order valence-corrected chi connectivity index (χ3v) is 2.91. The second-order valence-electron chi connectivity index (χ2n) is 6.05. The fourth-order valence-corrected chi connectivity index (χ4v) is 1.84. The zero-order valence-corrected chi connectivity index (χ0v) is 14.3. The van der Waals surface area contributed by atoms with Crippen LogP contribution in [0.2, 0.25) is 5.15 Å². The molecule has 1 atom stereocenters. The molecule has 2 amide bonds. The molecule has 0 bridgehead atoms. The molecule has 0 radical (unpaired) electrons. The van der Waals surface area contributed by atoms with Gasteiger partial charge in [0, 0.05) is 19.8 Å². The number of likely N-dealkylation sites (N-methyl/N-ethyl adjacent to an activating group) is 1. The van der Waals surface area contributed by atoms with E-state index in [9.17, 15) is 9.59 Å². The van der Waals surface area contributed by atoms with E-state index in [1.165, 1.54) is 4.90 Å². The third-order valence-electron chi connectivity index (χ3n) is 2.69. The zero-order valence-electron chi connectivity index (χ0n) is 13.5. The lowest BCUT2D eigenvalue weighted by molar-refractivity contribution is -0.132. The summed E-state index contributed by atoms with van der Waals surface area (Å²) in [5.74, 6) is -0.221. The molecule has 1 aromatic heterocycles. The molecule has 0 fully saturated rings. The summed E-state index contributed by atoms with van der Waals surface area (Å²) < 4.78 is 5.12. The first-order chi connectivity index (χ1) is 10.1. The van der Waals surface area contributed by atoms with Crippen LogP contribution in [-0.4, -0.2) is 40.6 Å². The Morgan fingerprint density at radius 1 is 1.41 bits per heavy atom. The Kier molecular flexibility index (Phi) is 6.17. The van der Waals surface area contributed by atoms with Gasteiger partial charge in [0.05, 0.1) is 0 Å². The quantitative estimate of drug-likeness (QED) is 0.863. The second-order valence-corrected chi connectivity index (χ2v) is 6.44. The molecule has 0 aliphatic carbocycles. The van der Waals surface area contributed by atoms with Crippen LogP contribution in [0.1, 0.15) is 33.3 Å². The molecule has 6 nitrogen and oxygen atoms in total. The van der Waals surface area contributed by atoms with Gasteiger partial charge in [0.25, 0.3) is 0 Å². The van der Waals surface area contributed by atoms with Crippen LogP contribution in [0.15, 0.2) is 18.3 Å². The van der Waals surface area contributed by atoms with E-state index in [1.54, 1.807) is 53.1 Å². The molecule has 0 saturated heterocycles. The van der Waals surface area contributed by atoms with E-state index in [-0.39, 0.29) is 5.91 Å². The van der Waals surface area contributed by atoms with Gasteiger partial charge in [0.15, 0.2) is 0 Å². The lowest BCUT2D eigenvalue weighted by atomic mass is 10.2. The summed E-state index contributed by atoms with van der Waals surface area (Å²) in [5.41, 5.74) is 0.248. The fraction of sp³-hybridized carbons (Fsp3) is 0.533. The number of amides is 2. The topological polar surface area (TPSA) is 71.5 Å². The molecule has 22 heavy (non-hydrogen) atoms. The molecular formula is C15H22ClN3O3. The summed E-state index contributed by atoms with van der Waals surface area (Å²) in [5, 5.41) is 2.92. The molecule has 0 unspecified atom stereocenters. The second kappa shape index (κ2) is 7.45. The number of carbonyl (C=O) groups is 2. The lowest BCUT2D eigenvalue weighted by Gasteiger charge is -2.24. The van der Waals surface area contributed by atoms with Crippen LogP contribution < -0.4 is 5.32 Å². The van der Waals surface area contributed by atoms with Crippen molar-refractivity contribution in [3.05, 3.63) is 29.0 Å². The van der Waals surface area contributed by atoms with Gasteiger partial charge in [0.2, 0.25) is 5.91 Å². The first-order valence-corrected chi connectivity index (χ1v) is 7.31. The molecule has 7 heteroatoms.